The van der Waals surface area contributed by atoms with E-state index in [1.54, 1.807) is 7.11 Å². The molecule has 1 aliphatic rings. The number of carbonyl (C=O) groups is 1. The van der Waals surface area contributed by atoms with Crippen molar-refractivity contribution < 1.29 is 9.53 Å². The molecule has 0 spiro atoms. The number of ether oxygens (including phenoxy) is 1. The Morgan fingerprint density at radius 3 is 2.59 bits per heavy atom. The van der Waals surface area contributed by atoms with Crippen molar-refractivity contribution in [2.75, 3.05) is 32.1 Å². The smallest absolute Gasteiger partial charge is 0.323 e. The number of methoxy groups -OCH3 is 1. The normalized spacial score (nSPS) is 16.4. The van der Waals surface area contributed by atoms with E-state index in [4.69, 9.17) is 4.74 Å². The number of amides is 2. The van der Waals surface area contributed by atoms with E-state index in [9.17, 15) is 4.79 Å². The van der Waals surface area contributed by atoms with Gasteiger partial charge in [-0.25, -0.2) is 4.79 Å². The van der Waals surface area contributed by atoms with Gasteiger partial charge >= 0.3 is 6.03 Å². The molecule has 1 aromatic heterocycles. The summed E-state index contributed by atoms with van der Waals surface area (Å²) < 4.78 is 5.54. The number of fused-ring (bicyclic) bond motifs is 1. The maximum absolute atomic E-state index is 12.7. The van der Waals surface area contributed by atoms with Gasteiger partial charge in [0.05, 0.1) is 12.1 Å². The van der Waals surface area contributed by atoms with Crippen LogP contribution in [0.2, 0.25) is 0 Å². The van der Waals surface area contributed by atoms with Crippen LogP contribution in [0.25, 0.3) is 10.9 Å². The summed E-state index contributed by atoms with van der Waals surface area (Å²) in [6.07, 6.45) is 1.75. The number of nitrogens with zero attached hydrogens (tertiary/aromatic N) is 2. The molecule has 2 N–H and O–H groups in total. The number of aromatic nitrogens is 2. The fraction of sp³-hybridized carbons (Fsp3) is 0.333. The maximum atomic E-state index is 12.7. The molecule has 6 nitrogen and oxygen atoms in total. The first-order valence-electron chi connectivity index (χ1n) is 9.25. The first-order chi connectivity index (χ1) is 13.2. The van der Waals surface area contributed by atoms with Gasteiger partial charge in [-0.05, 0) is 30.5 Å². The molecule has 4 rings (SSSR count). The Bertz CT molecular complexity index is 914. The van der Waals surface area contributed by atoms with Crippen molar-refractivity contribution in [1.29, 1.82) is 0 Å². The van der Waals surface area contributed by atoms with Crippen LogP contribution in [0.15, 0.2) is 54.6 Å². The minimum atomic E-state index is -0.105. The lowest BCUT2D eigenvalue weighted by atomic mass is 9.73. The maximum Gasteiger partial charge on any atom is 0.323 e. The molecule has 2 aromatic carbocycles. The molecular weight excluding hydrogens is 340 g/mol. The number of rotatable bonds is 4. The van der Waals surface area contributed by atoms with Crippen molar-refractivity contribution >= 4 is 22.8 Å². The van der Waals surface area contributed by atoms with Gasteiger partial charge in [-0.15, -0.1) is 0 Å². The molecule has 2 heterocycles. The summed E-state index contributed by atoms with van der Waals surface area (Å²) in [5.41, 5.74) is 2.16. The lowest BCUT2D eigenvalue weighted by Gasteiger charge is -2.41. The molecule has 1 fully saturated rings. The zero-order valence-corrected chi connectivity index (χ0v) is 15.4. The number of piperidine rings is 1. The third-order valence-corrected chi connectivity index (χ3v) is 5.51. The van der Waals surface area contributed by atoms with Crippen LogP contribution in [0.1, 0.15) is 18.4 Å². The fourth-order valence-corrected chi connectivity index (χ4v) is 3.96. The Kier molecular flexibility index (Phi) is 4.81. The summed E-state index contributed by atoms with van der Waals surface area (Å²) in [5.74, 6) is 0.576. The van der Waals surface area contributed by atoms with Crippen LogP contribution in [0, 0.1) is 0 Å². The van der Waals surface area contributed by atoms with Gasteiger partial charge in [-0.2, -0.15) is 5.10 Å². The minimum Gasteiger partial charge on any atom is -0.384 e. The van der Waals surface area contributed by atoms with Gasteiger partial charge in [0.2, 0.25) is 0 Å². The quantitative estimate of drug-likeness (QED) is 0.740. The molecule has 3 aromatic rings. The summed E-state index contributed by atoms with van der Waals surface area (Å²) >= 11 is 0. The monoisotopic (exact) mass is 364 g/mol. The topological polar surface area (TPSA) is 70.2 Å². The van der Waals surface area contributed by atoms with Crippen LogP contribution in [-0.4, -0.2) is 47.9 Å². The van der Waals surface area contributed by atoms with Crippen molar-refractivity contribution in [3.63, 3.8) is 0 Å². The second-order valence-electron chi connectivity index (χ2n) is 7.11. The SMILES string of the molecule is COCC1(c2ccccc2)CCN(C(=O)Nc2n[nH]c3ccccc23)CC1. The highest BCUT2D eigenvalue weighted by Crippen LogP contribution is 2.36. The number of hydrogen-bond donors (Lipinski definition) is 2. The first-order valence-corrected chi connectivity index (χ1v) is 9.25. The lowest BCUT2D eigenvalue weighted by molar-refractivity contribution is 0.0834. The van der Waals surface area contributed by atoms with E-state index in [1.165, 1.54) is 5.56 Å². The Morgan fingerprint density at radius 2 is 1.85 bits per heavy atom. The highest BCUT2D eigenvalue weighted by atomic mass is 16.5. The molecule has 1 saturated heterocycles. The molecule has 0 atom stereocenters. The van der Waals surface area contributed by atoms with E-state index in [0.717, 1.165) is 23.7 Å². The standard InChI is InChI=1S/C21H24N4O2/c1-27-15-21(16-7-3-2-4-8-16)11-13-25(14-12-21)20(26)22-19-17-9-5-6-10-18(17)23-24-19/h2-10H,11-15H2,1H3,(H2,22,23,24,26). The molecule has 0 aliphatic carbocycles. The summed E-state index contributed by atoms with van der Waals surface area (Å²) in [4.78, 5) is 14.6. The van der Waals surface area contributed by atoms with Gasteiger partial charge < -0.3 is 9.64 Å². The Balaban J connectivity index is 1.45. The number of nitrogens with one attached hydrogen (secondary N) is 2. The minimum absolute atomic E-state index is 0.0359. The third-order valence-electron chi connectivity index (χ3n) is 5.51. The van der Waals surface area contributed by atoms with Crippen LogP contribution in [-0.2, 0) is 10.2 Å². The number of aromatic amines is 1. The molecule has 1 aliphatic heterocycles. The second-order valence-corrected chi connectivity index (χ2v) is 7.11. The van der Waals surface area contributed by atoms with E-state index < -0.39 is 0 Å². The van der Waals surface area contributed by atoms with Gasteiger partial charge in [0, 0.05) is 31.0 Å². The second kappa shape index (κ2) is 7.40. The first kappa shape index (κ1) is 17.5. The highest BCUT2D eigenvalue weighted by Gasteiger charge is 2.37. The van der Waals surface area contributed by atoms with Crippen molar-refractivity contribution in [3.8, 4) is 0 Å². The molecule has 0 unspecified atom stereocenters. The summed E-state index contributed by atoms with van der Waals surface area (Å²) in [6, 6.07) is 18.1. The number of anilines is 1. The molecule has 6 heteroatoms. The predicted molar refractivity (Wildman–Crippen MR) is 106 cm³/mol. The Labute approximate surface area is 158 Å². The van der Waals surface area contributed by atoms with Crippen LogP contribution in [0.3, 0.4) is 0 Å². The van der Waals surface area contributed by atoms with Crippen LogP contribution in [0.5, 0.6) is 0 Å². The van der Waals surface area contributed by atoms with Crippen molar-refractivity contribution in [2.45, 2.75) is 18.3 Å². The number of likely N-dealkylation sites (tertiary alicyclic amines) is 1. The number of urea groups is 1. The van der Waals surface area contributed by atoms with Gasteiger partial charge in [-0.3, -0.25) is 10.4 Å². The largest absolute Gasteiger partial charge is 0.384 e. The lowest BCUT2D eigenvalue weighted by Crippen LogP contribution is -2.48. The van der Waals surface area contributed by atoms with Gasteiger partial charge in [0.15, 0.2) is 5.82 Å². The van der Waals surface area contributed by atoms with Gasteiger partial charge in [0.1, 0.15) is 0 Å². The van der Waals surface area contributed by atoms with E-state index in [-0.39, 0.29) is 11.4 Å². The molecule has 27 heavy (non-hydrogen) atoms. The predicted octanol–water partition coefficient (Wildman–Crippen LogP) is 3.78. The molecule has 0 saturated carbocycles. The zero-order valence-electron chi connectivity index (χ0n) is 15.4. The van der Waals surface area contributed by atoms with E-state index in [1.807, 2.05) is 35.2 Å². The number of benzene rings is 2. The number of carbonyl (C=O) groups excluding carboxylic acids is 1. The summed E-state index contributed by atoms with van der Waals surface area (Å²) in [5, 5.41) is 11.0. The molecular formula is C21H24N4O2. The van der Waals surface area contributed by atoms with Crippen LogP contribution in [0.4, 0.5) is 10.6 Å². The average molecular weight is 364 g/mol. The number of H-pyrrole nitrogens is 1. The molecule has 0 radical (unpaired) electrons. The van der Waals surface area contributed by atoms with Crippen LogP contribution >= 0.6 is 0 Å². The fourth-order valence-electron chi connectivity index (χ4n) is 3.96. The molecule has 0 bridgehead atoms. The number of hydrogen-bond acceptors (Lipinski definition) is 3. The van der Waals surface area contributed by atoms with Gasteiger partial charge in [0.25, 0.3) is 0 Å². The highest BCUT2D eigenvalue weighted by molar-refractivity contribution is 5.98. The van der Waals surface area contributed by atoms with Crippen LogP contribution < -0.4 is 5.32 Å². The Morgan fingerprint density at radius 1 is 1.15 bits per heavy atom. The molecule has 2 amide bonds. The van der Waals surface area contributed by atoms with E-state index >= 15 is 0 Å². The average Bonchev–Trinajstić information content (AvgIpc) is 3.12. The third kappa shape index (κ3) is 3.40. The number of para-hydroxylation sites is 1. The van der Waals surface area contributed by atoms with Crippen molar-refractivity contribution in [3.05, 3.63) is 60.2 Å². The van der Waals surface area contributed by atoms with E-state index in [0.29, 0.717) is 25.5 Å². The summed E-state index contributed by atoms with van der Waals surface area (Å²) in [7, 11) is 1.74. The Hall–Kier alpha value is -2.86. The zero-order chi connectivity index (χ0) is 18.7. The van der Waals surface area contributed by atoms with E-state index in [2.05, 4.69) is 39.8 Å². The summed E-state index contributed by atoms with van der Waals surface area (Å²) in [6.45, 7) is 2.04. The van der Waals surface area contributed by atoms with Gasteiger partial charge in [-0.1, -0.05) is 42.5 Å². The van der Waals surface area contributed by atoms with Crippen molar-refractivity contribution in [2.24, 2.45) is 0 Å². The van der Waals surface area contributed by atoms with Crippen molar-refractivity contribution in [1.82, 2.24) is 15.1 Å². The molecule has 140 valence electrons.